The number of halogens is 2. The van der Waals surface area contributed by atoms with Crippen molar-refractivity contribution in [1.82, 2.24) is 9.80 Å². The minimum atomic E-state index is -0.320. The van der Waals surface area contributed by atoms with Gasteiger partial charge in [0.1, 0.15) is 5.75 Å². The molecule has 0 saturated carbocycles. The summed E-state index contributed by atoms with van der Waals surface area (Å²) in [6.07, 6.45) is 3.30. The minimum Gasteiger partial charge on any atom is -0.467 e. The monoisotopic (exact) mass is 442 g/mol. The Morgan fingerprint density at radius 2 is 1.91 bits per heavy atom. The van der Waals surface area contributed by atoms with Crippen molar-refractivity contribution in [1.29, 1.82) is 0 Å². The summed E-state index contributed by atoms with van der Waals surface area (Å²) in [5, 5.41) is 0. The Kier molecular flexibility index (Phi) is 4.30. The number of morpholine rings is 1. The highest BCUT2D eigenvalue weighted by atomic mass is 79.9. The van der Waals surface area contributed by atoms with Gasteiger partial charge in [-0.3, -0.25) is 4.90 Å². The van der Waals surface area contributed by atoms with Gasteiger partial charge < -0.3 is 14.4 Å². The maximum atomic E-state index is 6.70. The summed E-state index contributed by atoms with van der Waals surface area (Å²) in [5.74, 6) is 0.952. The molecule has 0 bridgehead atoms. The van der Waals surface area contributed by atoms with Gasteiger partial charge in [0.05, 0.1) is 17.7 Å². The van der Waals surface area contributed by atoms with Gasteiger partial charge in [0.15, 0.2) is 5.72 Å². The summed E-state index contributed by atoms with van der Waals surface area (Å²) in [6, 6.07) is 4.19. The van der Waals surface area contributed by atoms with Crippen molar-refractivity contribution in [2.45, 2.75) is 12.1 Å². The molecule has 0 amide bonds. The molecule has 2 fully saturated rings. The highest BCUT2D eigenvalue weighted by molar-refractivity contribution is 9.11. The molecule has 1 atom stereocenters. The molecule has 23 heavy (non-hydrogen) atoms. The lowest BCUT2D eigenvalue weighted by atomic mass is 9.88. The van der Waals surface area contributed by atoms with Crippen LogP contribution in [-0.2, 0) is 4.74 Å². The number of fused-ring (bicyclic) bond motifs is 2. The number of hydrogen-bond acceptors (Lipinski definition) is 4. The third kappa shape index (κ3) is 2.78. The molecule has 1 aromatic carbocycles. The molecule has 0 aromatic heterocycles. The quantitative estimate of drug-likeness (QED) is 0.664. The predicted molar refractivity (Wildman–Crippen MR) is 97.7 cm³/mol. The van der Waals surface area contributed by atoms with Gasteiger partial charge in [-0.2, -0.15) is 0 Å². The molecule has 3 aliphatic heterocycles. The Hall–Kier alpha value is -0.400. The number of hydrogen-bond donors (Lipinski definition) is 0. The van der Waals surface area contributed by atoms with E-state index in [1.54, 1.807) is 0 Å². The standard InChI is InChI=1S/C17H20Br2N2O2/c1-20-3-2-17(21-4-6-22-7-5-21)13(11-20)8-12-9-14(18)10-15(19)16(12)23-17/h8-10H,2-7,11H2,1H3. The molecule has 124 valence electrons. The molecule has 0 N–H and O–H groups in total. The van der Waals surface area contributed by atoms with Gasteiger partial charge in [0.2, 0.25) is 0 Å². The maximum absolute atomic E-state index is 6.70. The Morgan fingerprint density at radius 3 is 2.70 bits per heavy atom. The Bertz CT molecular complexity index is 658. The fraction of sp³-hybridized carbons (Fsp3) is 0.529. The SMILES string of the molecule is CN1CCC2(N3CCOCC3)Oc3c(Br)cc(Br)cc3C=C2C1. The van der Waals surface area contributed by atoms with E-state index in [2.05, 4.69) is 66.9 Å². The van der Waals surface area contributed by atoms with Crippen LogP contribution in [-0.4, -0.2) is 62.0 Å². The first kappa shape index (κ1) is 16.1. The molecular formula is C17H20Br2N2O2. The van der Waals surface area contributed by atoms with Crippen LogP contribution in [0.15, 0.2) is 26.7 Å². The van der Waals surface area contributed by atoms with Crippen molar-refractivity contribution >= 4 is 37.9 Å². The molecule has 2 saturated heterocycles. The zero-order valence-electron chi connectivity index (χ0n) is 13.1. The fourth-order valence-electron chi connectivity index (χ4n) is 3.77. The van der Waals surface area contributed by atoms with E-state index in [9.17, 15) is 0 Å². The molecule has 6 heteroatoms. The van der Waals surface area contributed by atoms with Gasteiger partial charge in [-0.15, -0.1) is 0 Å². The van der Waals surface area contributed by atoms with Crippen molar-refractivity contribution in [2.24, 2.45) is 0 Å². The number of likely N-dealkylation sites (N-methyl/N-ethyl adjacent to an activating group) is 1. The van der Waals surface area contributed by atoms with E-state index in [4.69, 9.17) is 9.47 Å². The van der Waals surface area contributed by atoms with Crippen molar-refractivity contribution in [3.05, 3.63) is 32.2 Å². The molecule has 3 heterocycles. The topological polar surface area (TPSA) is 24.9 Å². The molecule has 1 unspecified atom stereocenters. The number of rotatable bonds is 1. The number of ether oxygens (including phenoxy) is 2. The van der Waals surface area contributed by atoms with Crippen LogP contribution in [0.4, 0.5) is 0 Å². The third-order valence-electron chi connectivity index (χ3n) is 4.93. The van der Waals surface area contributed by atoms with Crippen LogP contribution in [0.25, 0.3) is 6.08 Å². The van der Waals surface area contributed by atoms with Crippen LogP contribution in [0.3, 0.4) is 0 Å². The first-order chi connectivity index (χ1) is 11.1. The molecular weight excluding hydrogens is 424 g/mol. The second kappa shape index (κ2) is 6.15. The fourth-order valence-corrected chi connectivity index (χ4v) is 5.11. The molecule has 4 nitrogen and oxygen atoms in total. The first-order valence-corrected chi connectivity index (χ1v) is 9.57. The van der Waals surface area contributed by atoms with Gasteiger partial charge in [0.25, 0.3) is 0 Å². The van der Waals surface area contributed by atoms with Crippen LogP contribution in [0.5, 0.6) is 5.75 Å². The number of piperidine rings is 1. The average Bonchev–Trinajstić information content (AvgIpc) is 2.54. The van der Waals surface area contributed by atoms with Crippen LogP contribution < -0.4 is 4.74 Å². The van der Waals surface area contributed by atoms with Crippen molar-refractivity contribution in [3.8, 4) is 5.75 Å². The summed E-state index contributed by atoms with van der Waals surface area (Å²) in [4.78, 5) is 4.83. The van der Waals surface area contributed by atoms with E-state index in [1.165, 1.54) is 5.57 Å². The van der Waals surface area contributed by atoms with Crippen molar-refractivity contribution in [3.63, 3.8) is 0 Å². The van der Waals surface area contributed by atoms with Gasteiger partial charge in [0, 0.05) is 48.2 Å². The Balaban J connectivity index is 1.81. The van der Waals surface area contributed by atoms with Gasteiger partial charge >= 0.3 is 0 Å². The lowest BCUT2D eigenvalue weighted by molar-refractivity contribution is -0.118. The lowest BCUT2D eigenvalue weighted by Crippen LogP contribution is -2.63. The summed E-state index contributed by atoms with van der Waals surface area (Å²) in [5.41, 5.74) is 2.17. The van der Waals surface area contributed by atoms with E-state index in [0.29, 0.717) is 0 Å². The normalized spacial score (nSPS) is 28.6. The lowest BCUT2D eigenvalue weighted by Gasteiger charge is -2.52. The molecule has 3 aliphatic rings. The average molecular weight is 444 g/mol. The highest BCUT2D eigenvalue weighted by Crippen LogP contribution is 2.46. The van der Waals surface area contributed by atoms with E-state index in [0.717, 1.165) is 66.1 Å². The van der Waals surface area contributed by atoms with Gasteiger partial charge in [-0.1, -0.05) is 15.9 Å². The van der Waals surface area contributed by atoms with Crippen LogP contribution in [0.2, 0.25) is 0 Å². The predicted octanol–water partition coefficient (Wildman–Crippen LogP) is 3.35. The largest absolute Gasteiger partial charge is 0.467 e. The molecule has 4 rings (SSSR count). The number of benzene rings is 1. The van der Waals surface area contributed by atoms with Gasteiger partial charge in [-0.05, 0) is 41.2 Å². The zero-order chi connectivity index (χ0) is 16.0. The van der Waals surface area contributed by atoms with E-state index in [-0.39, 0.29) is 5.72 Å². The molecule has 0 aliphatic carbocycles. The van der Waals surface area contributed by atoms with Crippen LogP contribution in [0, 0.1) is 0 Å². The summed E-state index contributed by atoms with van der Waals surface area (Å²) in [7, 11) is 2.18. The summed E-state index contributed by atoms with van der Waals surface area (Å²) < 4.78 is 14.3. The van der Waals surface area contributed by atoms with E-state index < -0.39 is 0 Å². The second-order valence-electron chi connectivity index (χ2n) is 6.45. The highest BCUT2D eigenvalue weighted by Gasteiger charge is 2.48. The number of likely N-dealkylation sites (tertiary alicyclic amines) is 1. The van der Waals surface area contributed by atoms with Crippen LogP contribution in [0.1, 0.15) is 12.0 Å². The molecule has 0 spiro atoms. The zero-order valence-corrected chi connectivity index (χ0v) is 16.3. The van der Waals surface area contributed by atoms with E-state index >= 15 is 0 Å². The van der Waals surface area contributed by atoms with Crippen LogP contribution >= 0.6 is 31.9 Å². The minimum absolute atomic E-state index is 0.320. The molecule has 1 aromatic rings. The third-order valence-corrected chi connectivity index (χ3v) is 5.98. The summed E-state index contributed by atoms with van der Waals surface area (Å²) >= 11 is 7.25. The maximum Gasteiger partial charge on any atom is 0.188 e. The van der Waals surface area contributed by atoms with Gasteiger partial charge in [-0.25, -0.2) is 0 Å². The Morgan fingerprint density at radius 1 is 1.13 bits per heavy atom. The van der Waals surface area contributed by atoms with E-state index in [1.807, 2.05) is 0 Å². The second-order valence-corrected chi connectivity index (χ2v) is 8.22. The number of nitrogens with zero attached hydrogens (tertiary/aromatic N) is 2. The first-order valence-electron chi connectivity index (χ1n) is 7.99. The smallest absolute Gasteiger partial charge is 0.188 e. The van der Waals surface area contributed by atoms with Crippen molar-refractivity contribution < 1.29 is 9.47 Å². The Labute approximate surface area is 153 Å². The van der Waals surface area contributed by atoms with Crippen molar-refractivity contribution in [2.75, 3.05) is 46.4 Å². The molecule has 0 radical (unpaired) electrons. The summed E-state index contributed by atoms with van der Waals surface area (Å²) in [6.45, 7) is 5.39.